The monoisotopic (exact) mass is 471 g/mol. The van der Waals surface area contributed by atoms with E-state index in [2.05, 4.69) is 16.4 Å². The summed E-state index contributed by atoms with van der Waals surface area (Å²) in [6, 6.07) is 12.2. The van der Waals surface area contributed by atoms with Gasteiger partial charge in [0.25, 0.3) is 5.91 Å². The van der Waals surface area contributed by atoms with Crippen LogP contribution in [0, 0.1) is 13.8 Å². The Morgan fingerprint density at radius 1 is 1.09 bits per heavy atom. The Kier molecular flexibility index (Phi) is 7.82. The smallest absolute Gasteiger partial charge is 0.257 e. The zero-order chi connectivity index (χ0) is 23.3. The lowest BCUT2D eigenvalue weighted by Crippen LogP contribution is -2.31. The Bertz CT molecular complexity index is 1190. The van der Waals surface area contributed by atoms with Crippen LogP contribution in [-0.2, 0) is 10.0 Å². The van der Waals surface area contributed by atoms with Crippen LogP contribution in [0.15, 0.2) is 52.7 Å². The number of carbonyl (C=O) groups excluding carboxylic acids is 1. The molecule has 1 amide bonds. The van der Waals surface area contributed by atoms with Gasteiger partial charge in [-0.3, -0.25) is 10.1 Å². The van der Waals surface area contributed by atoms with Gasteiger partial charge >= 0.3 is 0 Å². The predicted octanol–water partition coefficient (Wildman–Crippen LogP) is 5.49. The number of rotatable bonds is 9. The number of carbonyl (C=O) groups is 1. The van der Waals surface area contributed by atoms with E-state index in [0.29, 0.717) is 23.8 Å². The van der Waals surface area contributed by atoms with Crippen LogP contribution in [-0.4, -0.2) is 36.7 Å². The maximum atomic E-state index is 12.8. The lowest BCUT2D eigenvalue weighted by atomic mass is 10.0. The summed E-state index contributed by atoms with van der Waals surface area (Å²) in [6.07, 6.45) is 1.73. The number of sulfonamides is 1. The van der Waals surface area contributed by atoms with Crippen molar-refractivity contribution in [1.29, 1.82) is 0 Å². The molecule has 170 valence electrons. The summed E-state index contributed by atoms with van der Waals surface area (Å²) in [4.78, 5) is 17.4. The van der Waals surface area contributed by atoms with E-state index in [0.717, 1.165) is 29.7 Å². The molecule has 0 bridgehead atoms. The molecule has 2 aromatic carbocycles. The SMILES string of the molecule is CCCCN(CC)S(=O)(=O)c1ccc(C(=O)Nc2nc(-c3ccc(C)cc3C)cs2)cc1. The van der Waals surface area contributed by atoms with Gasteiger partial charge in [0.05, 0.1) is 10.6 Å². The predicted molar refractivity (Wildman–Crippen MR) is 131 cm³/mol. The Labute approximate surface area is 194 Å². The van der Waals surface area contributed by atoms with Crippen LogP contribution in [0.1, 0.15) is 48.2 Å². The number of anilines is 1. The second-order valence-electron chi connectivity index (χ2n) is 7.69. The van der Waals surface area contributed by atoms with Gasteiger partial charge in [0.15, 0.2) is 5.13 Å². The third-order valence-electron chi connectivity index (χ3n) is 5.25. The Hall–Kier alpha value is -2.55. The molecule has 0 aliphatic carbocycles. The summed E-state index contributed by atoms with van der Waals surface area (Å²) in [5.74, 6) is -0.325. The molecule has 0 atom stereocenters. The molecule has 3 aromatic rings. The molecule has 32 heavy (non-hydrogen) atoms. The molecule has 0 saturated carbocycles. The number of aromatic nitrogens is 1. The highest BCUT2D eigenvalue weighted by Crippen LogP contribution is 2.28. The molecule has 0 aliphatic rings. The standard InChI is InChI=1S/C24H29N3O3S2/c1-5-7-14-27(6-2)32(29,30)20-11-9-19(10-12-20)23(28)26-24-25-22(16-31-24)21-13-8-17(3)15-18(21)4/h8-13,15-16H,5-7,14H2,1-4H3,(H,25,26,28). The number of benzene rings is 2. The van der Waals surface area contributed by atoms with Crippen molar-refractivity contribution in [3.63, 3.8) is 0 Å². The molecule has 8 heteroatoms. The zero-order valence-corrected chi connectivity index (χ0v) is 20.5. The normalized spacial score (nSPS) is 11.7. The number of unbranched alkanes of at least 4 members (excludes halogenated alkanes) is 1. The average molecular weight is 472 g/mol. The van der Waals surface area contributed by atoms with Gasteiger partial charge in [-0.1, -0.05) is 44.0 Å². The molecular weight excluding hydrogens is 442 g/mol. The Balaban J connectivity index is 1.72. The van der Waals surface area contributed by atoms with Gasteiger partial charge in [-0.2, -0.15) is 4.31 Å². The fourth-order valence-corrected chi connectivity index (χ4v) is 5.63. The van der Waals surface area contributed by atoms with Crippen LogP contribution in [0.3, 0.4) is 0 Å². The molecule has 0 saturated heterocycles. The fourth-order valence-electron chi connectivity index (χ4n) is 3.44. The summed E-state index contributed by atoms with van der Waals surface area (Å²) < 4.78 is 27.2. The largest absolute Gasteiger partial charge is 0.298 e. The van der Waals surface area contributed by atoms with Crippen molar-refractivity contribution < 1.29 is 13.2 Å². The lowest BCUT2D eigenvalue weighted by molar-refractivity contribution is 0.102. The molecule has 0 fully saturated rings. The van der Waals surface area contributed by atoms with E-state index in [9.17, 15) is 13.2 Å². The fraction of sp³-hybridized carbons (Fsp3) is 0.333. The highest BCUT2D eigenvalue weighted by atomic mass is 32.2. The molecule has 0 radical (unpaired) electrons. The molecule has 1 aromatic heterocycles. The van der Waals surface area contributed by atoms with Crippen molar-refractivity contribution in [2.45, 2.75) is 45.4 Å². The van der Waals surface area contributed by atoms with Crippen LogP contribution in [0.25, 0.3) is 11.3 Å². The molecular formula is C24H29N3O3S2. The first kappa shape index (κ1) is 24.1. The van der Waals surface area contributed by atoms with E-state index < -0.39 is 10.0 Å². The summed E-state index contributed by atoms with van der Waals surface area (Å²) in [7, 11) is -3.57. The van der Waals surface area contributed by atoms with Crippen molar-refractivity contribution in [2.24, 2.45) is 0 Å². The van der Waals surface area contributed by atoms with Crippen molar-refractivity contribution in [3.05, 3.63) is 64.5 Å². The second kappa shape index (κ2) is 10.4. The van der Waals surface area contributed by atoms with Crippen molar-refractivity contribution >= 4 is 32.4 Å². The van der Waals surface area contributed by atoms with E-state index >= 15 is 0 Å². The van der Waals surface area contributed by atoms with Gasteiger partial charge in [0, 0.05) is 29.6 Å². The van der Waals surface area contributed by atoms with E-state index in [1.807, 2.05) is 45.2 Å². The third kappa shape index (κ3) is 5.43. The Morgan fingerprint density at radius 3 is 2.44 bits per heavy atom. The maximum Gasteiger partial charge on any atom is 0.257 e. The van der Waals surface area contributed by atoms with Crippen LogP contribution in [0.5, 0.6) is 0 Å². The highest BCUT2D eigenvalue weighted by Gasteiger charge is 2.23. The summed E-state index contributed by atoms with van der Waals surface area (Å²) in [5, 5.41) is 5.22. The minimum atomic E-state index is -3.57. The van der Waals surface area contributed by atoms with Crippen LogP contribution in [0.2, 0.25) is 0 Å². The van der Waals surface area contributed by atoms with Crippen molar-refractivity contribution in [3.8, 4) is 11.3 Å². The number of aryl methyl sites for hydroxylation is 2. The van der Waals surface area contributed by atoms with Crippen molar-refractivity contribution in [2.75, 3.05) is 18.4 Å². The first-order valence-corrected chi connectivity index (χ1v) is 13.0. The first-order valence-electron chi connectivity index (χ1n) is 10.7. The number of thiazole rings is 1. The third-order valence-corrected chi connectivity index (χ3v) is 8.00. The molecule has 6 nitrogen and oxygen atoms in total. The van der Waals surface area contributed by atoms with Crippen LogP contribution in [0.4, 0.5) is 5.13 Å². The number of nitrogens with zero attached hydrogens (tertiary/aromatic N) is 2. The van der Waals surface area contributed by atoms with Crippen LogP contribution >= 0.6 is 11.3 Å². The second-order valence-corrected chi connectivity index (χ2v) is 10.5. The van der Waals surface area contributed by atoms with E-state index in [1.54, 1.807) is 0 Å². The molecule has 1 N–H and O–H groups in total. The minimum Gasteiger partial charge on any atom is -0.298 e. The highest BCUT2D eigenvalue weighted by molar-refractivity contribution is 7.89. The zero-order valence-electron chi connectivity index (χ0n) is 18.9. The summed E-state index contributed by atoms with van der Waals surface area (Å²) in [6.45, 7) is 8.85. The number of hydrogen-bond donors (Lipinski definition) is 1. The topological polar surface area (TPSA) is 79.4 Å². The number of amides is 1. The van der Waals surface area contributed by atoms with Crippen molar-refractivity contribution in [1.82, 2.24) is 9.29 Å². The molecule has 1 heterocycles. The average Bonchev–Trinajstić information content (AvgIpc) is 3.22. The van der Waals surface area contributed by atoms with Gasteiger partial charge in [-0.25, -0.2) is 13.4 Å². The van der Waals surface area contributed by atoms with Gasteiger partial charge in [0.1, 0.15) is 0 Å². The molecule has 3 rings (SSSR count). The van der Waals surface area contributed by atoms with Gasteiger partial charge in [-0.05, 0) is 50.1 Å². The summed E-state index contributed by atoms with van der Waals surface area (Å²) in [5.41, 5.74) is 4.54. The maximum absolute atomic E-state index is 12.8. The molecule has 0 aliphatic heterocycles. The van der Waals surface area contributed by atoms with E-state index in [4.69, 9.17) is 0 Å². The number of hydrogen-bond acceptors (Lipinski definition) is 5. The summed E-state index contributed by atoms with van der Waals surface area (Å²) >= 11 is 1.36. The first-order chi connectivity index (χ1) is 15.3. The van der Waals surface area contributed by atoms with Gasteiger partial charge in [-0.15, -0.1) is 11.3 Å². The Morgan fingerprint density at radius 2 is 1.81 bits per heavy atom. The van der Waals surface area contributed by atoms with E-state index in [-0.39, 0.29) is 10.8 Å². The number of nitrogens with one attached hydrogen (secondary N) is 1. The van der Waals surface area contributed by atoms with Gasteiger partial charge < -0.3 is 0 Å². The molecule has 0 unspecified atom stereocenters. The molecule has 0 spiro atoms. The quantitative estimate of drug-likeness (QED) is 0.447. The van der Waals surface area contributed by atoms with Gasteiger partial charge in [0.2, 0.25) is 10.0 Å². The minimum absolute atomic E-state index is 0.193. The van der Waals surface area contributed by atoms with Crippen LogP contribution < -0.4 is 5.32 Å². The van der Waals surface area contributed by atoms with E-state index in [1.165, 1.54) is 45.5 Å². The lowest BCUT2D eigenvalue weighted by Gasteiger charge is -2.20.